The number of nitrogens with one attached hydrogen (secondary N) is 1. The Morgan fingerprint density at radius 1 is 1.37 bits per heavy atom. The molecule has 0 saturated carbocycles. The smallest absolute Gasteiger partial charge is 0.295 e. The molecule has 104 valence electrons. The molecule has 2 N–H and O–H groups in total. The number of nitro benzene ring substituents is 1. The summed E-state index contributed by atoms with van der Waals surface area (Å²) >= 11 is 0. The molecule has 7 nitrogen and oxygen atoms in total. The van der Waals surface area contributed by atoms with Crippen molar-refractivity contribution in [2.24, 2.45) is 0 Å². The highest BCUT2D eigenvalue weighted by Gasteiger charge is 2.25. The van der Waals surface area contributed by atoms with E-state index in [1.165, 1.54) is 12.1 Å². The maximum absolute atomic E-state index is 11.4. The van der Waals surface area contributed by atoms with Gasteiger partial charge in [-0.25, -0.2) is 0 Å². The molecule has 1 aliphatic heterocycles. The van der Waals surface area contributed by atoms with Crippen LogP contribution in [-0.4, -0.2) is 24.4 Å². The largest absolute Gasteiger partial charge is 0.310 e. The lowest BCUT2D eigenvalue weighted by Crippen LogP contribution is -2.28. The van der Waals surface area contributed by atoms with Crippen LogP contribution in [0, 0.1) is 10.1 Å². The molecule has 1 aromatic rings. The molecule has 1 atom stereocenters. The van der Waals surface area contributed by atoms with Gasteiger partial charge in [-0.1, -0.05) is 6.42 Å². The summed E-state index contributed by atoms with van der Waals surface area (Å²) in [6.07, 6.45) is 2.69. The summed E-state index contributed by atoms with van der Waals surface area (Å²) in [6.45, 7) is 0.757. The van der Waals surface area contributed by atoms with Crippen molar-refractivity contribution in [2.75, 3.05) is 6.54 Å². The Hall–Kier alpha value is -1.51. The number of rotatable bonds is 3. The average Bonchev–Trinajstić information content (AvgIpc) is 2.38. The van der Waals surface area contributed by atoms with Crippen LogP contribution >= 0.6 is 0 Å². The van der Waals surface area contributed by atoms with Gasteiger partial charge in [-0.15, -0.1) is 0 Å². The van der Waals surface area contributed by atoms with Crippen molar-refractivity contribution in [3.05, 3.63) is 33.9 Å². The first kappa shape index (κ1) is 13.9. The predicted octanol–water partition coefficient (Wildman–Crippen LogP) is 1.66. The molecular weight excluding hydrogens is 272 g/mol. The number of non-ortho nitro benzene ring substituents is 1. The molecule has 1 saturated heterocycles. The summed E-state index contributed by atoms with van der Waals surface area (Å²) in [5.41, 5.74) is 0.0278. The van der Waals surface area contributed by atoms with Gasteiger partial charge in [-0.3, -0.25) is 14.7 Å². The molecule has 0 aromatic heterocycles. The van der Waals surface area contributed by atoms with Crippen LogP contribution in [0.25, 0.3) is 0 Å². The van der Waals surface area contributed by atoms with Crippen LogP contribution in [-0.2, 0) is 10.1 Å². The quantitative estimate of drug-likeness (QED) is 0.496. The molecular formula is C11H14N2O5S. The van der Waals surface area contributed by atoms with Gasteiger partial charge in [0.05, 0.1) is 4.92 Å². The minimum Gasteiger partial charge on any atom is -0.310 e. The van der Waals surface area contributed by atoms with Crippen molar-refractivity contribution >= 4 is 15.8 Å². The van der Waals surface area contributed by atoms with Crippen LogP contribution in [0.3, 0.4) is 0 Å². The molecule has 0 amide bonds. The monoisotopic (exact) mass is 286 g/mol. The van der Waals surface area contributed by atoms with Gasteiger partial charge in [0, 0.05) is 18.2 Å². The molecule has 1 aromatic carbocycles. The normalized spacial score (nSPS) is 20.2. The van der Waals surface area contributed by atoms with Gasteiger partial charge < -0.3 is 5.32 Å². The van der Waals surface area contributed by atoms with E-state index in [1.807, 2.05) is 0 Å². The van der Waals surface area contributed by atoms with Crippen molar-refractivity contribution in [3.8, 4) is 0 Å². The third-order valence-corrected chi connectivity index (χ3v) is 4.08. The molecule has 2 rings (SSSR count). The number of hydrogen-bond donors (Lipinski definition) is 2. The highest BCUT2D eigenvalue weighted by molar-refractivity contribution is 7.85. The highest BCUT2D eigenvalue weighted by atomic mass is 32.2. The summed E-state index contributed by atoms with van der Waals surface area (Å²) in [5, 5.41) is 13.8. The van der Waals surface area contributed by atoms with Gasteiger partial charge in [0.25, 0.3) is 15.8 Å². The molecule has 8 heteroatoms. The Bertz CT molecular complexity index is 593. The summed E-state index contributed by atoms with van der Waals surface area (Å²) in [7, 11) is -4.48. The van der Waals surface area contributed by atoms with Gasteiger partial charge >= 0.3 is 0 Å². The molecule has 1 aliphatic rings. The second-order valence-electron chi connectivity index (χ2n) is 4.46. The van der Waals surface area contributed by atoms with Gasteiger partial charge in [0.15, 0.2) is 0 Å². The zero-order valence-electron chi connectivity index (χ0n) is 10.1. The van der Waals surface area contributed by atoms with Gasteiger partial charge in [-0.2, -0.15) is 8.42 Å². The predicted molar refractivity (Wildman–Crippen MR) is 67.5 cm³/mol. The highest BCUT2D eigenvalue weighted by Crippen LogP contribution is 2.31. The average molecular weight is 286 g/mol. The molecule has 0 radical (unpaired) electrons. The molecule has 0 aliphatic carbocycles. The lowest BCUT2D eigenvalue weighted by molar-refractivity contribution is -0.385. The summed E-state index contributed by atoms with van der Waals surface area (Å²) in [5.74, 6) is 0. The molecule has 19 heavy (non-hydrogen) atoms. The number of benzene rings is 1. The van der Waals surface area contributed by atoms with E-state index in [-0.39, 0.29) is 16.6 Å². The standard InChI is InChI=1S/C11H14N2O5S/c14-13(15)8-4-5-9(10-3-1-2-6-12-10)11(7-8)19(16,17)18/h4-5,7,10,12H,1-3,6H2,(H,16,17,18). The van der Waals surface area contributed by atoms with Crippen LogP contribution in [0.4, 0.5) is 5.69 Å². The maximum atomic E-state index is 11.4. The maximum Gasteiger partial charge on any atom is 0.295 e. The molecule has 1 fully saturated rings. The van der Waals surface area contributed by atoms with Crippen molar-refractivity contribution < 1.29 is 17.9 Å². The van der Waals surface area contributed by atoms with Crippen molar-refractivity contribution in [1.29, 1.82) is 0 Å². The summed E-state index contributed by atoms with van der Waals surface area (Å²) in [4.78, 5) is 9.61. The van der Waals surface area contributed by atoms with Gasteiger partial charge in [0.1, 0.15) is 4.90 Å². The van der Waals surface area contributed by atoms with Crippen molar-refractivity contribution in [2.45, 2.75) is 30.2 Å². The van der Waals surface area contributed by atoms with Crippen molar-refractivity contribution in [3.63, 3.8) is 0 Å². The van der Waals surface area contributed by atoms with E-state index in [1.54, 1.807) is 0 Å². The van der Waals surface area contributed by atoms with Crippen LogP contribution < -0.4 is 5.32 Å². The third kappa shape index (κ3) is 3.09. The Balaban J connectivity index is 2.50. The first-order chi connectivity index (χ1) is 8.89. The molecule has 1 unspecified atom stereocenters. The molecule has 0 bridgehead atoms. The Morgan fingerprint density at radius 2 is 2.11 bits per heavy atom. The van der Waals surface area contributed by atoms with E-state index in [0.717, 1.165) is 31.9 Å². The number of nitro groups is 1. The van der Waals surface area contributed by atoms with E-state index in [4.69, 9.17) is 0 Å². The van der Waals surface area contributed by atoms with E-state index >= 15 is 0 Å². The molecule has 1 heterocycles. The SMILES string of the molecule is O=[N+]([O-])c1ccc(C2CCCCN2)c(S(=O)(=O)O)c1. The first-order valence-electron chi connectivity index (χ1n) is 5.89. The second kappa shape index (κ2) is 5.24. The fourth-order valence-electron chi connectivity index (χ4n) is 2.27. The summed E-state index contributed by atoms with van der Waals surface area (Å²) < 4.78 is 32.0. The van der Waals surface area contributed by atoms with Crippen LogP contribution in [0.5, 0.6) is 0 Å². The fraction of sp³-hybridized carbons (Fsp3) is 0.455. The number of nitrogens with zero attached hydrogens (tertiary/aromatic N) is 1. The van der Waals surface area contributed by atoms with Crippen LogP contribution in [0.1, 0.15) is 30.9 Å². The topological polar surface area (TPSA) is 110 Å². The van der Waals surface area contributed by atoms with E-state index in [0.29, 0.717) is 5.56 Å². The number of hydrogen-bond acceptors (Lipinski definition) is 5. The minimum atomic E-state index is -4.48. The van der Waals surface area contributed by atoms with Crippen LogP contribution in [0.15, 0.2) is 23.1 Å². The summed E-state index contributed by atoms with van der Waals surface area (Å²) in [6, 6.07) is 3.34. The van der Waals surface area contributed by atoms with E-state index in [2.05, 4.69) is 5.32 Å². The second-order valence-corrected chi connectivity index (χ2v) is 5.85. The van der Waals surface area contributed by atoms with E-state index in [9.17, 15) is 23.1 Å². The molecule has 0 spiro atoms. The van der Waals surface area contributed by atoms with Gasteiger partial charge in [0.2, 0.25) is 0 Å². The number of piperidine rings is 1. The van der Waals surface area contributed by atoms with Crippen LogP contribution in [0.2, 0.25) is 0 Å². The Morgan fingerprint density at radius 3 is 2.63 bits per heavy atom. The zero-order valence-corrected chi connectivity index (χ0v) is 10.9. The first-order valence-corrected chi connectivity index (χ1v) is 7.33. The third-order valence-electron chi connectivity index (χ3n) is 3.17. The zero-order chi connectivity index (χ0) is 14.0. The van der Waals surface area contributed by atoms with E-state index < -0.39 is 15.0 Å². The minimum absolute atomic E-state index is 0.202. The Labute approximate surface area is 110 Å². The van der Waals surface area contributed by atoms with Crippen molar-refractivity contribution in [1.82, 2.24) is 5.32 Å². The lowest BCUT2D eigenvalue weighted by Gasteiger charge is -2.25. The lowest BCUT2D eigenvalue weighted by atomic mass is 9.97. The van der Waals surface area contributed by atoms with Gasteiger partial charge in [-0.05, 0) is 31.0 Å². The fourth-order valence-corrected chi connectivity index (χ4v) is 3.04. The Kier molecular flexibility index (Phi) is 3.83.